The smallest absolute Gasteiger partial charge is 0.194 e. The van der Waals surface area contributed by atoms with Crippen LogP contribution in [0.3, 0.4) is 0 Å². The summed E-state index contributed by atoms with van der Waals surface area (Å²) in [4.78, 5) is 48.3. The molecule has 1 unspecified atom stereocenters. The van der Waals surface area contributed by atoms with Crippen LogP contribution in [0.2, 0.25) is 0 Å². The third-order valence-electron chi connectivity index (χ3n) is 9.38. The number of phenolic OH excluding ortho intramolecular Hbond substituents is 2. The summed E-state index contributed by atoms with van der Waals surface area (Å²) in [5, 5.41) is 25.1. The first-order valence-corrected chi connectivity index (χ1v) is 14.4. The van der Waals surface area contributed by atoms with E-state index in [1.54, 1.807) is 13.8 Å². The van der Waals surface area contributed by atoms with Crippen LogP contribution < -0.4 is 10.1 Å². The molecule has 1 aliphatic heterocycles. The SMILES string of the molecule is CC(=O)c1c(O)c(C)c(O)c2c1OC1=CC(=O)C(=C(C)NCC3(Cc4nc5ccccc5[nH]4)CCCCC3)C(=O)C12C. The maximum atomic E-state index is 14.2. The van der Waals surface area contributed by atoms with Crippen LogP contribution in [0.5, 0.6) is 17.2 Å². The van der Waals surface area contributed by atoms with Crippen molar-refractivity contribution in [1.29, 1.82) is 0 Å². The van der Waals surface area contributed by atoms with Gasteiger partial charge in [0.2, 0.25) is 0 Å². The van der Waals surface area contributed by atoms with Crippen molar-refractivity contribution in [3.63, 3.8) is 0 Å². The fourth-order valence-electron chi connectivity index (χ4n) is 6.93. The zero-order chi connectivity index (χ0) is 30.0. The first-order chi connectivity index (χ1) is 20.0. The van der Waals surface area contributed by atoms with E-state index < -0.39 is 28.5 Å². The molecule has 0 radical (unpaired) electrons. The Morgan fingerprint density at radius 2 is 1.81 bits per heavy atom. The summed E-state index contributed by atoms with van der Waals surface area (Å²) in [6.07, 6.45) is 7.35. The van der Waals surface area contributed by atoms with Gasteiger partial charge in [0, 0.05) is 30.3 Å². The lowest BCUT2D eigenvalue weighted by molar-refractivity contribution is -0.123. The van der Waals surface area contributed by atoms with E-state index >= 15 is 0 Å². The van der Waals surface area contributed by atoms with Gasteiger partial charge in [-0.2, -0.15) is 0 Å². The van der Waals surface area contributed by atoms with Crippen molar-refractivity contribution in [2.45, 2.75) is 71.6 Å². The number of carbonyl (C=O) groups excluding carboxylic acids is 3. The predicted octanol–water partition coefficient (Wildman–Crippen LogP) is 5.23. The number of Topliss-reactive ketones (excluding diaryl/α,β-unsaturated/α-hetero) is 2. The molecular weight excluding hydrogens is 534 g/mol. The van der Waals surface area contributed by atoms with Crippen molar-refractivity contribution in [3.05, 3.63) is 69.9 Å². The number of nitrogens with zero attached hydrogens (tertiary/aromatic N) is 1. The number of para-hydroxylation sites is 2. The van der Waals surface area contributed by atoms with Gasteiger partial charge in [0.1, 0.15) is 39.8 Å². The third kappa shape index (κ3) is 4.13. The lowest BCUT2D eigenvalue weighted by Gasteiger charge is -2.38. The van der Waals surface area contributed by atoms with E-state index in [-0.39, 0.29) is 44.9 Å². The average Bonchev–Trinajstić information content (AvgIpc) is 3.49. The van der Waals surface area contributed by atoms with Crippen molar-refractivity contribution >= 4 is 28.4 Å². The average molecular weight is 570 g/mol. The summed E-state index contributed by atoms with van der Waals surface area (Å²) in [6, 6.07) is 7.95. The molecule has 2 aromatic carbocycles. The number of aromatic hydroxyl groups is 2. The zero-order valence-electron chi connectivity index (χ0n) is 24.3. The molecule has 0 spiro atoms. The molecule has 1 atom stereocenters. The minimum absolute atomic E-state index is 0.0121. The number of ether oxygens (including phenoxy) is 1. The number of rotatable bonds is 6. The number of hydrogen-bond acceptors (Lipinski definition) is 8. The van der Waals surface area contributed by atoms with Gasteiger partial charge in [-0.15, -0.1) is 0 Å². The highest BCUT2D eigenvalue weighted by Crippen LogP contribution is 2.57. The molecule has 3 aromatic rings. The maximum Gasteiger partial charge on any atom is 0.194 e. The van der Waals surface area contributed by atoms with Gasteiger partial charge in [0.15, 0.2) is 17.3 Å². The van der Waals surface area contributed by atoms with Crippen LogP contribution in [0.25, 0.3) is 11.0 Å². The van der Waals surface area contributed by atoms with Crippen LogP contribution in [0.15, 0.2) is 47.4 Å². The van der Waals surface area contributed by atoms with Crippen molar-refractivity contribution in [2.75, 3.05) is 6.54 Å². The van der Waals surface area contributed by atoms with Crippen LogP contribution in [0.4, 0.5) is 0 Å². The topological polar surface area (TPSA) is 142 Å². The number of H-pyrrole nitrogens is 1. The number of aromatic nitrogens is 2. The number of phenols is 2. The molecule has 0 saturated heterocycles. The molecule has 2 aliphatic carbocycles. The normalized spacial score (nSPS) is 22.3. The van der Waals surface area contributed by atoms with E-state index in [2.05, 4.69) is 10.3 Å². The summed E-state index contributed by atoms with van der Waals surface area (Å²) in [5.74, 6) is -1.40. The summed E-state index contributed by atoms with van der Waals surface area (Å²) in [5.41, 5.74) is 0.758. The van der Waals surface area contributed by atoms with E-state index in [4.69, 9.17) is 9.72 Å². The van der Waals surface area contributed by atoms with E-state index in [0.29, 0.717) is 12.2 Å². The Morgan fingerprint density at radius 3 is 2.50 bits per heavy atom. The van der Waals surface area contributed by atoms with Gasteiger partial charge < -0.3 is 25.3 Å². The van der Waals surface area contributed by atoms with Crippen LogP contribution in [0, 0.1) is 12.3 Å². The van der Waals surface area contributed by atoms with Crippen molar-refractivity contribution in [2.24, 2.45) is 5.41 Å². The third-order valence-corrected chi connectivity index (χ3v) is 9.38. The first kappa shape index (κ1) is 27.8. The quantitative estimate of drug-likeness (QED) is 0.180. The first-order valence-electron chi connectivity index (χ1n) is 14.4. The maximum absolute atomic E-state index is 14.2. The van der Waals surface area contributed by atoms with E-state index in [1.807, 2.05) is 24.3 Å². The second kappa shape index (κ2) is 9.86. The Labute approximate surface area is 243 Å². The zero-order valence-corrected chi connectivity index (χ0v) is 24.3. The standard InChI is InChI=1S/C33H35N3O6/c1-17-28(39)26(19(3)37)30-27(29(17)40)32(4)23(42-30)14-22(38)25(31(32)41)18(2)34-16-33(12-8-5-9-13-33)15-24-35-20-10-6-7-11-21(20)36-24/h6-7,10-11,14,34,39-40H,5,8-9,12-13,15-16H2,1-4H3,(H,35,36). The fraction of sp³-hybridized carbons (Fsp3) is 0.394. The molecule has 6 rings (SSSR count). The van der Waals surface area contributed by atoms with Gasteiger partial charge in [0.25, 0.3) is 0 Å². The van der Waals surface area contributed by atoms with Gasteiger partial charge in [-0.3, -0.25) is 14.4 Å². The highest BCUT2D eigenvalue weighted by molar-refractivity contribution is 6.31. The van der Waals surface area contributed by atoms with Gasteiger partial charge >= 0.3 is 0 Å². The second-order valence-corrected chi connectivity index (χ2v) is 12.2. The van der Waals surface area contributed by atoms with Crippen LogP contribution in [0.1, 0.15) is 80.2 Å². The number of fused-ring (bicyclic) bond motifs is 4. The van der Waals surface area contributed by atoms with Crippen LogP contribution in [-0.4, -0.2) is 44.1 Å². The van der Waals surface area contributed by atoms with Gasteiger partial charge in [-0.25, -0.2) is 4.98 Å². The molecule has 9 heteroatoms. The van der Waals surface area contributed by atoms with E-state index in [0.717, 1.165) is 49.0 Å². The van der Waals surface area contributed by atoms with E-state index in [9.17, 15) is 24.6 Å². The highest BCUT2D eigenvalue weighted by Gasteiger charge is 2.56. The molecule has 1 aromatic heterocycles. The summed E-state index contributed by atoms with van der Waals surface area (Å²) < 4.78 is 5.88. The highest BCUT2D eigenvalue weighted by atomic mass is 16.5. The molecule has 0 amide bonds. The van der Waals surface area contributed by atoms with Gasteiger partial charge in [0.05, 0.1) is 22.2 Å². The van der Waals surface area contributed by atoms with E-state index in [1.165, 1.54) is 26.3 Å². The Bertz CT molecular complexity index is 1710. The molecule has 42 heavy (non-hydrogen) atoms. The fourth-order valence-corrected chi connectivity index (χ4v) is 6.93. The number of ketones is 3. The molecule has 1 fully saturated rings. The van der Waals surface area contributed by atoms with Crippen LogP contribution in [-0.2, 0) is 21.4 Å². The lowest BCUT2D eigenvalue weighted by atomic mass is 9.69. The molecule has 2 heterocycles. The van der Waals surface area contributed by atoms with Gasteiger partial charge in [-0.1, -0.05) is 31.4 Å². The number of nitrogens with one attached hydrogen (secondary N) is 2. The lowest BCUT2D eigenvalue weighted by Crippen LogP contribution is -2.43. The number of imidazole rings is 1. The molecule has 4 N–H and O–H groups in total. The number of aromatic amines is 1. The molecule has 218 valence electrons. The largest absolute Gasteiger partial charge is 0.507 e. The van der Waals surface area contributed by atoms with Crippen molar-refractivity contribution in [1.82, 2.24) is 15.3 Å². The molecule has 3 aliphatic rings. The minimum Gasteiger partial charge on any atom is -0.507 e. The summed E-state index contributed by atoms with van der Waals surface area (Å²) >= 11 is 0. The molecule has 0 bridgehead atoms. The number of carbonyl (C=O) groups is 3. The van der Waals surface area contributed by atoms with Crippen LogP contribution >= 0.6 is 0 Å². The Balaban J connectivity index is 1.34. The molecular formula is C33H35N3O6. The Hall–Kier alpha value is -4.40. The summed E-state index contributed by atoms with van der Waals surface area (Å²) in [7, 11) is 0. The molecule has 9 nitrogen and oxygen atoms in total. The van der Waals surface area contributed by atoms with Crippen molar-refractivity contribution in [3.8, 4) is 17.2 Å². The number of allylic oxidation sites excluding steroid dienone is 4. The monoisotopic (exact) mass is 569 g/mol. The molecule has 1 saturated carbocycles. The predicted molar refractivity (Wildman–Crippen MR) is 157 cm³/mol. The van der Waals surface area contributed by atoms with Gasteiger partial charge in [-0.05, 0) is 58.1 Å². The second-order valence-electron chi connectivity index (χ2n) is 12.2. The minimum atomic E-state index is -1.54. The number of hydrogen-bond donors (Lipinski definition) is 4. The van der Waals surface area contributed by atoms with Crippen molar-refractivity contribution < 1.29 is 29.3 Å². The Kier molecular flexibility index (Phi) is 6.51. The summed E-state index contributed by atoms with van der Waals surface area (Å²) in [6.45, 7) is 6.61. The Morgan fingerprint density at radius 1 is 1.10 bits per heavy atom. The number of benzene rings is 2.